The number of hydrogen-bond acceptors (Lipinski definition) is 5. The Bertz CT molecular complexity index is 648. The molecule has 2 rings (SSSR count). The van der Waals surface area contributed by atoms with Gasteiger partial charge >= 0.3 is 0 Å². The largest absolute Gasteiger partial charge is 0.485 e. The van der Waals surface area contributed by atoms with Crippen LogP contribution in [0.1, 0.15) is 34.1 Å². The van der Waals surface area contributed by atoms with E-state index in [1.54, 1.807) is 31.2 Å². The maximum Gasteiger partial charge on any atom is 0.230 e. The number of Topliss-reactive ketones (excluding diaryl/α,β-unsaturated/α-hetero) is 2. The number of amides is 1. The van der Waals surface area contributed by atoms with Gasteiger partial charge in [0.2, 0.25) is 17.5 Å². The summed E-state index contributed by atoms with van der Waals surface area (Å²) < 4.78 is 10.3. The average molecular weight is 303 g/mol. The number of ketones is 2. The third-order valence-electron chi connectivity index (χ3n) is 3.20. The maximum absolute atomic E-state index is 12.5. The van der Waals surface area contributed by atoms with Gasteiger partial charge in [-0.3, -0.25) is 14.4 Å². The van der Waals surface area contributed by atoms with Crippen LogP contribution in [-0.2, 0) is 14.3 Å². The van der Waals surface area contributed by atoms with Crippen LogP contribution in [0.25, 0.3) is 0 Å². The summed E-state index contributed by atoms with van der Waals surface area (Å²) >= 11 is 0. The Morgan fingerprint density at radius 1 is 1.09 bits per heavy atom. The van der Waals surface area contributed by atoms with Crippen molar-refractivity contribution in [3.63, 3.8) is 0 Å². The average Bonchev–Trinajstić information content (AvgIpc) is 2.54. The minimum Gasteiger partial charge on any atom is -0.485 e. The summed E-state index contributed by atoms with van der Waals surface area (Å²) in [7, 11) is 1.50. The van der Waals surface area contributed by atoms with E-state index in [-0.39, 0.29) is 48.1 Å². The Morgan fingerprint density at radius 2 is 1.73 bits per heavy atom. The molecular weight excluding hydrogens is 286 g/mol. The second-order valence-electron chi connectivity index (χ2n) is 4.65. The highest BCUT2D eigenvalue weighted by atomic mass is 16.5. The van der Waals surface area contributed by atoms with E-state index < -0.39 is 11.6 Å². The normalized spacial score (nSPS) is 13.9. The Morgan fingerprint density at radius 3 is 2.32 bits per heavy atom. The number of hydrogen-bond donors (Lipinski definition) is 1. The molecule has 0 aromatic heterocycles. The molecule has 0 unspecified atom stereocenters. The van der Waals surface area contributed by atoms with Crippen LogP contribution in [0.5, 0.6) is 0 Å². The van der Waals surface area contributed by atoms with E-state index in [4.69, 9.17) is 9.47 Å². The molecule has 0 atom stereocenters. The second kappa shape index (κ2) is 7.00. The van der Waals surface area contributed by atoms with Gasteiger partial charge in [-0.05, 0) is 0 Å². The highest BCUT2D eigenvalue weighted by Gasteiger charge is 2.34. The molecule has 0 spiro atoms. The quantitative estimate of drug-likeness (QED) is 0.805. The van der Waals surface area contributed by atoms with Crippen molar-refractivity contribution in [1.29, 1.82) is 0 Å². The number of ether oxygens (including phenoxy) is 2. The summed E-state index contributed by atoms with van der Waals surface area (Å²) in [6.45, 7) is 2.03. The van der Waals surface area contributed by atoms with Crippen molar-refractivity contribution in [3.8, 4) is 0 Å². The smallest absolute Gasteiger partial charge is 0.230 e. The van der Waals surface area contributed by atoms with Crippen LogP contribution in [0.2, 0.25) is 0 Å². The van der Waals surface area contributed by atoms with Crippen LogP contribution >= 0.6 is 0 Å². The minimum atomic E-state index is -0.426. The van der Waals surface area contributed by atoms with E-state index in [0.717, 1.165) is 0 Å². The predicted octanol–water partition coefficient (Wildman–Crippen LogP) is 1.47. The van der Waals surface area contributed by atoms with Gasteiger partial charge in [-0.25, -0.2) is 0 Å². The van der Waals surface area contributed by atoms with Gasteiger partial charge in [0.05, 0.1) is 6.61 Å². The van der Waals surface area contributed by atoms with Gasteiger partial charge in [-0.2, -0.15) is 0 Å². The summed E-state index contributed by atoms with van der Waals surface area (Å²) in [4.78, 5) is 36.7. The first kappa shape index (κ1) is 15.9. The van der Waals surface area contributed by atoms with Crippen molar-refractivity contribution in [1.82, 2.24) is 5.32 Å². The monoisotopic (exact) mass is 303 g/mol. The summed E-state index contributed by atoms with van der Waals surface area (Å²) in [5, 5.41) is 2.47. The molecule has 1 N–H and O–H groups in total. The number of carbonyl (C=O) groups excluding carboxylic acids is 3. The van der Waals surface area contributed by atoms with Crippen LogP contribution in [0.15, 0.2) is 35.7 Å². The molecular formula is C16H17NO5. The first-order valence-electron chi connectivity index (χ1n) is 6.94. The highest BCUT2D eigenvalue weighted by molar-refractivity contribution is 6.26. The van der Waals surface area contributed by atoms with E-state index in [0.29, 0.717) is 0 Å². The number of benzene rings is 1. The van der Waals surface area contributed by atoms with E-state index in [2.05, 4.69) is 5.32 Å². The SMILES string of the molecule is CCC(=O)NC1=C(OCCOC)C(=O)c2ccccc2C1=O. The number of nitrogens with one attached hydrogen (secondary N) is 1. The summed E-state index contributed by atoms with van der Waals surface area (Å²) in [6.07, 6.45) is 0.192. The third-order valence-corrected chi connectivity index (χ3v) is 3.20. The van der Waals surface area contributed by atoms with Crippen molar-refractivity contribution < 1.29 is 23.9 Å². The lowest BCUT2D eigenvalue weighted by Crippen LogP contribution is -2.34. The Kier molecular flexibility index (Phi) is 5.06. The van der Waals surface area contributed by atoms with Crippen LogP contribution in [0.4, 0.5) is 0 Å². The molecule has 22 heavy (non-hydrogen) atoms. The molecule has 0 bridgehead atoms. The molecule has 6 heteroatoms. The lowest BCUT2D eigenvalue weighted by molar-refractivity contribution is -0.120. The van der Waals surface area contributed by atoms with Gasteiger partial charge in [0.1, 0.15) is 12.3 Å². The number of rotatable bonds is 6. The fourth-order valence-electron chi connectivity index (χ4n) is 2.06. The molecule has 0 saturated heterocycles. The van der Waals surface area contributed by atoms with Crippen LogP contribution < -0.4 is 5.32 Å². The van der Waals surface area contributed by atoms with Gasteiger partial charge in [0.15, 0.2) is 5.76 Å². The molecule has 0 fully saturated rings. The molecule has 1 aliphatic carbocycles. The number of allylic oxidation sites excluding steroid dienone is 2. The van der Waals surface area contributed by atoms with Gasteiger partial charge in [-0.15, -0.1) is 0 Å². The minimum absolute atomic E-state index is 0.105. The van der Waals surface area contributed by atoms with E-state index >= 15 is 0 Å². The lowest BCUT2D eigenvalue weighted by Gasteiger charge is -2.21. The number of carbonyl (C=O) groups is 3. The Hall–Kier alpha value is -2.47. The Balaban J connectivity index is 2.43. The van der Waals surface area contributed by atoms with Crippen molar-refractivity contribution in [2.45, 2.75) is 13.3 Å². The van der Waals surface area contributed by atoms with Gasteiger partial charge in [-0.1, -0.05) is 31.2 Å². The van der Waals surface area contributed by atoms with Crippen LogP contribution in [-0.4, -0.2) is 37.8 Å². The topological polar surface area (TPSA) is 81.7 Å². The zero-order chi connectivity index (χ0) is 16.1. The number of fused-ring (bicyclic) bond motifs is 1. The van der Waals surface area contributed by atoms with E-state index in [1.807, 2.05) is 0 Å². The molecule has 0 aliphatic heterocycles. The van der Waals surface area contributed by atoms with E-state index in [9.17, 15) is 14.4 Å². The molecule has 0 saturated carbocycles. The predicted molar refractivity (Wildman–Crippen MR) is 78.4 cm³/mol. The van der Waals surface area contributed by atoms with Crippen LogP contribution in [0, 0.1) is 0 Å². The van der Waals surface area contributed by atoms with E-state index in [1.165, 1.54) is 7.11 Å². The molecule has 1 aromatic carbocycles. The van der Waals surface area contributed by atoms with Crippen LogP contribution in [0.3, 0.4) is 0 Å². The lowest BCUT2D eigenvalue weighted by atomic mass is 9.91. The molecule has 1 amide bonds. The fraction of sp³-hybridized carbons (Fsp3) is 0.312. The fourth-order valence-corrected chi connectivity index (χ4v) is 2.06. The molecule has 0 radical (unpaired) electrons. The third kappa shape index (κ3) is 3.07. The maximum atomic E-state index is 12.5. The summed E-state index contributed by atoms with van der Waals surface area (Å²) in [5.74, 6) is -1.34. The van der Waals surface area contributed by atoms with Gasteiger partial charge < -0.3 is 14.8 Å². The second-order valence-corrected chi connectivity index (χ2v) is 4.65. The standard InChI is InChI=1S/C16H17NO5/c1-3-12(18)17-13-14(19)10-6-4-5-7-11(10)15(20)16(13)22-9-8-21-2/h4-7H,3,8-9H2,1-2H3,(H,17,18). The number of methoxy groups -OCH3 is 1. The molecule has 6 nitrogen and oxygen atoms in total. The molecule has 116 valence electrons. The molecule has 0 heterocycles. The van der Waals surface area contributed by atoms with Gasteiger partial charge in [0, 0.05) is 24.7 Å². The highest BCUT2D eigenvalue weighted by Crippen LogP contribution is 2.25. The molecule has 1 aromatic rings. The van der Waals surface area contributed by atoms with Crippen molar-refractivity contribution in [3.05, 3.63) is 46.8 Å². The summed E-state index contributed by atoms with van der Waals surface area (Å²) in [6, 6.07) is 6.46. The Labute approximate surface area is 128 Å². The zero-order valence-electron chi connectivity index (χ0n) is 12.5. The first-order chi connectivity index (χ1) is 10.6. The van der Waals surface area contributed by atoms with Gasteiger partial charge in [0.25, 0.3) is 0 Å². The van der Waals surface area contributed by atoms with Crippen molar-refractivity contribution in [2.24, 2.45) is 0 Å². The zero-order valence-corrected chi connectivity index (χ0v) is 12.5. The van der Waals surface area contributed by atoms with Crippen molar-refractivity contribution >= 4 is 17.5 Å². The van der Waals surface area contributed by atoms with Crippen molar-refractivity contribution in [2.75, 3.05) is 20.3 Å². The summed E-state index contributed by atoms with van der Waals surface area (Å²) in [5.41, 5.74) is 0.430. The molecule has 1 aliphatic rings. The first-order valence-corrected chi connectivity index (χ1v) is 6.94.